The fraction of sp³-hybridized carbons (Fsp3) is 0.375. The normalized spacial score (nSPS) is 23.1. The lowest BCUT2D eigenvalue weighted by Gasteiger charge is -2.18. The summed E-state index contributed by atoms with van der Waals surface area (Å²) in [5, 5.41) is 2.03. The molecule has 0 amide bonds. The van der Waals surface area contributed by atoms with E-state index < -0.39 is 0 Å². The van der Waals surface area contributed by atoms with Crippen LogP contribution in [0.2, 0.25) is 0 Å². The van der Waals surface area contributed by atoms with Crippen LogP contribution in [0.25, 0.3) is 0 Å². The monoisotopic (exact) mass is 182 g/mol. The molecular weight excluding hydrogens is 172 g/mol. The maximum Gasteiger partial charge on any atom is 0.162 e. The Morgan fingerprint density at radius 1 is 1.75 bits per heavy atom. The average Bonchev–Trinajstić information content (AvgIpc) is 2.58. The second-order valence-corrected chi connectivity index (χ2v) is 3.64. The Morgan fingerprint density at radius 3 is 3.25 bits per heavy atom. The fourth-order valence-electron chi connectivity index (χ4n) is 0.987. The second kappa shape index (κ2) is 3.25. The van der Waals surface area contributed by atoms with Crippen molar-refractivity contribution < 1.29 is 4.84 Å². The van der Waals surface area contributed by atoms with Gasteiger partial charge in [-0.05, 0) is 18.4 Å². The third kappa shape index (κ3) is 1.49. The number of nitrogens with zero attached hydrogens (tertiary/aromatic N) is 1. The second-order valence-electron chi connectivity index (χ2n) is 2.70. The predicted molar refractivity (Wildman–Crippen MR) is 49.4 cm³/mol. The van der Waals surface area contributed by atoms with Crippen LogP contribution in [0.1, 0.15) is 11.8 Å². The van der Waals surface area contributed by atoms with Crippen molar-refractivity contribution in [2.45, 2.75) is 13.0 Å². The molecule has 0 bridgehead atoms. The number of nitrogens with one attached hydrogen (secondary N) is 1. The van der Waals surface area contributed by atoms with E-state index in [4.69, 9.17) is 4.84 Å². The average molecular weight is 182 g/mol. The summed E-state index contributed by atoms with van der Waals surface area (Å²) in [5.74, 6) is 0.850. The summed E-state index contributed by atoms with van der Waals surface area (Å²) in [6, 6.07) is 4.03. The summed E-state index contributed by atoms with van der Waals surface area (Å²) in [5.41, 5.74) is 2.83. The van der Waals surface area contributed by atoms with Crippen molar-refractivity contribution in [2.24, 2.45) is 4.99 Å². The van der Waals surface area contributed by atoms with E-state index in [-0.39, 0.29) is 6.10 Å². The minimum atomic E-state index is 0.175. The zero-order chi connectivity index (χ0) is 8.39. The Balaban J connectivity index is 2.16. The molecule has 2 heterocycles. The number of rotatable bonds is 1. The first-order valence-corrected chi connectivity index (χ1v) is 4.74. The van der Waals surface area contributed by atoms with Crippen LogP contribution in [0.3, 0.4) is 0 Å². The first-order valence-electron chi connectivity index (χ1n) is 3.86. The van der Waals surface area contributed by atoms with Crippen LogP contribution in [-0.2, 0) is 4.84 Å². The molecule has 1 N–H and O–H groups in total. The van der Waals surface area contributed by atoms with Crippen molar-refractivity contribution in [2.75, 3.05) is 6.54 Å². The standard InChI is InChI=1S/C8H10N2OS/c1-6-5-9-8(10-11-6)7-3-2-4-12-7/h2-4,6H,5H2,1H3,(H,9,10). The Morgan fingerprint density at radius 2 is 2.67 bits per heavy atom. The first kappa shape index (κ1) is 7.76. The molecule has 0 saturated carbocycles. The quantitative estimate of drug-likeness (QED) is 0.712. The van der Waals surface area contributed by atoms with E-state index >= 15 is 0 Å². The van der Waals surface area contributed by atoms with Gasteiger partial charge in [-0.1, -0.05) is 6.07 Å². The zero-order valence-electron chi connectivity index (χ0n) is 6.78. The number of hydrogen-bond donors (Lipinski definition) is 1. The lowest BCUT2D eigenvalue weighted by Crippen LogP contribution is -2.35. The summed E-state index contributed by atoms with van der Waals surface area (Å²) >= 11 is 1.66. The molecule has 4 heteroatoms. The van der Waals surface area contributed by atoms with Crippen LogP contribution in [0.15, 0.2) is 22.5 Å². The lowest BCUT2D eigenvalue weighted by atomic mass is 10.4. The number of hydroxylamine groups is 1. The molecule has 0 saturated heterocycles. The number of hydrogen-bond acceptors (Lipinski definition) is 4. The summed E-state index contributed by atoms with van der Waals surface area (Å²) in [6.45, 7) is 2.72. The van der Waals surface area contributed by atoms with Crippen molar-refractivity contribution in [1.82, 2.24) is 5.48 Å². The summed E-state index contributed by atoms with van der Waals surface area (Å²) in [6.07, 6.45) is 0.175. The van der Waals surface area contributed by atoms with Gasteiger partial charge in [0.25, 0.3) is 0 Å². The molecule has 1 aliphatic heterocycles. The van der Waals surface area contributed by atoms with Gasteiger partial charge in [-0.2, -0.15) is 0 Å². The summed E-state index contributed by atoms with van der Waals surface area (Å²) in [4.78, 5) is 10.7. The summed E-state index contributed by atoms with van der Waals surface area (Å²) in [7, 11) is 0. The number of amidine groups is 1. The molecule has 3 nitrogen and oxygen atoms in total. The Labute approximate surface area is 75.0 Å². The molecule has 1 aromatic heterocycles. The maximum absolute atomic E-state index is 5.24. The molecule has 0 fully saturated rings. The smallest absolute Gasteiger partial charge is 0.162 e. The van der Waals surface area contributed by atoms with E-state index in [0.29, 0.717) is 0 Å². The van der Waals surface area contributed by atoms with Crippen molar-refractivity contribution in [3.63, 3.8) is 0 Å². The molecule has 0 aliphatic carbocycles. The van der Waals surface area contributed by atoms with Crippen molar-refractivity contribution in [1.29, 1.82) is 0 Å². The van der Waals surface area contributed by atoms with E-state index in [9.17, 15) is 0 Å². The van der Waals surface area contributed by atoms with Crippen LogP contribution in [0.4, 0.5) is 0 Å². The highest BCUT2D eigenvalue weighted by Crippen LogP contribution is 2.11. The van der Waals surface area contributed by atoms with E-state index in [1.54, 1.807) is 11.3 Å². The number of aliphatic imine (C=N–C) groups is 1. The molecule has 2 rings (SSSR count). The van der Waals surface area contributed by atoms with E-state index in [1.165, 1.54) is 0 Å². The number of thiophene rings is 1. The molecular formula is C8H10N2OS. The van der Waals surface area contributed by atoms with Crippen LogP contribution in [0, 0.1) is 0 Å². The third-order valence-corrected chi connectivity index (χ3v) is 2.49. The van der Waals surface area contributed by atoms with Gasteiger partial charge in [0.15, 0.2) is 5.84 Å². The molecule has 1 aliphatic rings. The Kier molecular flexibility index (Phi) is 2.10. The molecule has 0 spiro atoms. The van der Waals surface area contributed by atoms with Gasteiger partial charge in [-0.15, -0.1) is 11.3 Å². The SMILES string of the molecule is CC1CN=C(c2cccs2)NO1. The zero-order valence-corrected chi connectivity index (χ0v) is 7.60. The molecule has 0 aromatic carbocycles. The molecule has 1 aromatic rings. The van der Waals surface area contributed by atoms with Crippen LogP contribution in [0.5, 0.6) is 0 Å². The van der Waals surface area contributed by atoms with Gasteiger partial charge in [-0.3, -0.25) is 9.83 Å². The highest BCUT2D eigenvalue weighted by molar-refractivity contribution is 7.12. The van der Waals surface area contributed by atoms with E-state index in [0.717, 1.165) is 17.3 Å². The van der Waals surface area contributed by atoms with E-state index in [2.05, 4.69) is 10.5 Å². The third-order valence-electron chi connectivity index (χ3n) is 1.62. The van der Waals surface area contributed by atoms with Gasteiger partial charge < -0.3 is 0 Å². The van der Waals surface area contributed by atoms with Crippen molar-refractivity contribution in [3.05, 3.63) is 22.4 Å². The predicted octanol–water partition coefficient (Wildman–Crippen LogP) is 1.42. The maximum atomic E-state index is 5.24. The highest BCUT2D eigenvalue weighted by atomic mass is 32.1. The van der Waals surface area contributed by atoms with Gasteiger partial charge in [0.2, 0.25) is 0 Å². The summed E-state index contributed by atoms with van der Waals surface area (Å²) < 4.78 is 0. The topological polar surface area (TPSA) is 33.6 Å². The lowest BCUT2D eigenvalue weighted by molar-refractivity contribution is 0.0185. The van der Waals surface area contributed by atoms with Crippen LogP contribution < -0.4 is 5.48 Å². The van der Waals surface area contributed by atoms with Gasteiger partial charge in [0, 0.05) is 0 Å². The largest absolute Gasteiger partial charge is 0.270 e. The van der Waals surface area contributed by atoms with Gasteiger partial charge in [0.1, 0.15) is 6.10 Å². The van der Waals surface area contributed by atoms with Gasteiger partial charge in [0.05, 0.1) is 11.4 Å². The van der Waals surface area contributed by atoms with E-state index in [1.807, 2.05) is 24.4 Å². The van der Waals surface area contributed by atoms with Crippen molar-refractivity contribution in [3.8, 4) is 0 Å². The molecule has 64 valence electrons. The Bertz CT molecular complexity index is 281. The molecule has 0 radical (unpaired) electrons. The van der Waals surface area contributed by atoms with Crippen LogP contribution in [-0.4, -0.2) is 18.5 Å². The highest BCUT2D eigenvalue weighted by Gasteiger charge is 2.12. The van der Waals surface area contributed by atoms with Gasteiger partial charge in [-0.25, -0.2) is 5.48 Å². The minimum absolute atomic E-state index is 0.175. The van der Waals surface area contributed by atoms with Gasteiger partial charge >= 0.3 is 0 Å². The Hall–Kier alpha value is -0.870. The van der Waals surface area contributed by atoms with Crippen LogP contribution >= 0.6 is 11.3 Å². The fourth-order valence-corrected chi connectivity index (χ4v) is 1.67. The minimum Gasteiger partial charge on any atom is -0.270 e. The molecule has 1 unspecified atom stereocenters. The van der Waals surface area contributed by atoms with Crippen molar-refractivity contribution >= 4 is 17.2 Å². The molecule has 1 atom stereocenters. The molecule has 12 heavy (non-hydrogen) atoms. The first-order chi connectivity index (χ1) is 5.86.